The molecule has 2 nitrogen and oxygen atoms in total. The van der Waals surface area contributed by atoms with E-state index in [1.807, 2.05) is 0 Å². The average Bonchev–Trinajstić information content (AvgIpc) is 2.12. The number of nitrogens with two attached hydrogens (primary N) is 1. The van der Waals surface area contributed by atoms with Crippen LogP contribution in [0.4, 0.5) is 4.39 Å². The SMILES string of the molecule is N[C@H]1c2cc(F)ccc2CC[C@H]1O. The van der Waals surface area contributed by atoms with Gasteiger partial charge in [0.1, 0.15) is 5.82 Å². The van der Waals surface area contributed by atoms with Crippen LogP contribution in [0, 0.1) is 5.82 Å². The molecule has 0 bridgehead atoms. The molecule has 1 aliphatic carbocycles. The van der Waals surface area contributed by atoms with Gasteiger partial charge in [-0.1, -0.05) is 6.07 Å². The minimum absolute atomic E-state index is 0.289. The molecule has 3 heteroatoms. The maximum Gasteiger partial charge on any atom is 0.123 e. The van der Waals surface area contributed by atoms with Gasteiger partial charge in [-0.05, 0) is 36.1 Å². The Hall–Kier alpha value is -0.930. The predicted molar refractivity (Wildman–Crippen MR) is 47.7 cm³/mol. The average molecular weight is 181 g/mol. The van der Waals surface area contributed by atoms with E-state index in [-0.39, 0.29) is 5.82 Å². The highest BCUT2D eigenvalue weighted by Gasteiger charge is 2.24. The van der Waals surface area contributed by atoms with Crippen molar-refractivity contribution in [3.63, 3.8) is 0 Å². The molecular weight excluding hydrogens is 169 g/mol. The number of halogens is 1. The van der Waals surface area contributed by atoms with Crippen molar-refractivity contribution in [1.82, 2.24) is 0 Å². The third-order valence-corrected chi connectivity index (χ3v) is 2.59. The summed E-state index contributed by atoms with van der Waals surface area (Å²) in [6, 6.07) is 4.17. The second kappa shape index (κ2) is 3.09. The molecule has 1 aromatic carbocycles. The Balaban J connectivity index is 2.45. The molecule has 0 saturated carbocycles. The Morgan fingerprint density at radius 2 is 2.23 bits per heavy atom. The van der Waals surface area contributed by atoms with Gasteiger partial charge in [-0.15, -0.1) is 0 Å². The molecule has 3 N–H and O–H groups in total. The summed E-state index contributed by atoms with van der Waals surface area (Å²) in [6.45, 7) is 0. The van der Waals surface area contributed by atoms with Crippen LogP contribution in [0.5, 0.6) is 0 Å². The summed E-state index contributed by atoms with van der Waals surface area (Å²) >= 11 is 0. The molecule has 13 heavy (non-hydrogen) atoms. The molecule has 2 rings (SSSR count). The maximum atomic E-state index is 12.9. The summed E-state index contributed by atoms with van der Waals surface area (Å²) in [5.41, 5.74) is 7.55. The molecule has 0 aliphatic heterocycles. The molecule has 1 aliphatic rings. The Morgan fingerprint density at radius 3 is 3.00 bits per heavy atom. The smallest absolute Gasteiger partial charge is 0.123 e. The maximum absolute atomic E-state index is 12.9. The first-order valence-corrected chi connectivity index (χ1v) is 4.40. The number of aliphatic hydroxyl groups excluding tert-OH is 1. The van der Waals surface area contributed by atoms with E-state index in [2.05, 4.69) is 0 Å². The summed E-state index contributed by atoms with van der Waals surface area (Å²) in [5, 5.41) is 9.47. The van der Waals surface area contributed by atoms with Crippen molar-refractivity contribution in [2.24, 2.45) is 5.73 Å². The van der Waals surface area contributed by atoms with Crippen LogP contribution in [0.3, 0.4) is 0 Å². The second-order valence-corrected chi connectivity index (χ2v) is 3.47. The Bertz CT molecular complexity index is 327. The third kappa shape index (κ3) is 1.45. The van der Waals surface area contributed by atoms with Crippen LogP contribution in [0.2, 0.25) is 0 Å². The quantitative estimate of drug-likeness (QED) is 0.630. The lowest BCUT2D eigenvalue weighted by Crippen LogP contribution is -2.31. The van der Waals surface area contributed by atoms with Gasteiger partial charge in [-0.3, -0.25) is 0 Å². The molecule has 0 heterocycles. The van der Waals surface area contributed by atoms with E-state index in [1.165, 1.54) is 12.1 Å². The van der Waals surface area contributed by atoms with Gasteiger partial charge >= 0.3 is 0 Å². The number of aryl methyl sites for hydroxylation is 1. The Kier molecular flexibility index (Phi) is 2.06. The Morgan fingerprint density at radius 1 is 1.46 bits per heavy atom. The molecule has 0 aromatic heterocycles. The van der Waals surface area contributed by atoms with Gasteiger partial charge in [0.05, 0.1) is 12.1 Å². The molecule has 0 amide bonds. The van der Waals surface area contributed by atoms with Crippen LogP contribution in [0.25, 0.3) is 0 Å². The van der Waals surface area contributed by atoms with Gasteiger partial charge in [-0.25, -0.2) is 4.39 Å². The zero-order valence-electron chi connectivity index (χ0n) is 7.20. The highest BCUT2D eigenvalue weighted by Crippen LogP contribution is 2.28. The normalized spacial score (nSPS) is 27.0. The number of benzene rings is 1. The second-order valence-electron chi connectivity index (χ2n) is 3.47. The van der Waals surface area contributed by atoms with Crippen LogP contribution in [-0.4, -0.2) is 11.2 Å². The molecule has 0 radical (unpaired) electrons. The standard InChI is InChI=1S/C10H12FNO/c11-7-3-1-6-2-4-9(13)10(12)8(6)5-7/h1,3,5,9-10,13H,2,4,12H2/t9-,10+/m1/s1. The van der Waals surface area contributed by atoms with E-state index in [9.17, 15) is 9.50 Å². The molecule has 1 aromatic rings. The van der Waals surface area contributed by atoms with Crippen LogP contribution in [0.15, 0.2) is 18.2 Å². The molecule has 70 valence electrons. The highest BCUT2D eigenvalue weighted by molar-refractivity contribution is 5.33. The summed E-state index contributed by atoms with van der Waals surface area (Å²) in [4.78, 5) is 0. The Labute approximate surface area is 76.2 Å². The first kappa shape index (κ1) is 8.66. The van der Waals surface area contributed by atoms with Crippen molar-refractivity contribution in [3.05, 3.63) is 35.1 Å². The van der Waals surface area contributed by atoms with E-state index in [4.69, 9.17) is 5.73 Å². The van der Waals surface area contributed by atoms with Gasteiger partial charge in [0, 0.05) is 0 Å². The molecule has 0 spiro atoms. The molecule has 0 unspecified atom stereocenters. The van der Waals surface area contributed by atoms with Crippen LogP contribution in [-0.2, 0) is 6.42 Å². The first-order chi connectivity index (χ1) is 6.18. The summed E-state index contributed by atoms with van der Waals surface area (Å²) < 4.78 is 12.9. The predicted octanol–water partition coefficient (Wildman–Crippen LogP) is 1.13. The van der Waals surface area contributed by atoms with E-state index >= 15 is 0 Å². The van der Waals surface area contributed by atoms with Crippen molar-refractivity contribution < 1.29 is 9.50 Å². The van der Waals surface area contributed by atoms with Crippen LogP contribution >= 0.6 is 0 Å². The number of aliphatic hydroxyl groups is 1. The number of fused-ring (bicyclic) bond motifs is 1. The largest absolute Gasteiger partial charge is 0.391 e. The van der Waals surface area contributed by atoms with Gasteiger partial charge in [0.15, 0.2) is 0 Å². The highest BCUT2D eigenvalue weighted by atomic mass is 19.1. The first-order valence-electron chi connectivity index (χ1n) is 4.40. The van der Waals surface area contributed by atoms with Crippen LogP contribution < -0.4 is 5.73 Å². The fraction of sp³-hybridized carbons (Fsp3) is 0.400. The zero-order chi connectivity index (χ0) is 9.42. The molecule has 0 saturated heterocycles. The lowest BCUT2D eigenvalue weighted by molar-refractivity contribution is 0.128. The number of hydrogen-bond donors (Lipinski definition) is 2. The lowest BCUT2D eigenvalue weighted by Gasteiger charge is -2.27. The minimum Gasteiger partial charge on any atom is -0.391 e. The van der Waals surface area contributed by atoms with Gasteiger partial charge in [-0.2, -0.15) is 0 Å². The molecule has 0 fully saturated rings. The fourth-order valence-electron chi connectivity index (χ4n) is 1.79. The van der Waals surface area contributed by atoms with Crippen molar-refractivity contribution >= 4 is 0 Å². The monoisotopic (exact) mass is 181 g/mol. The van der Waals surface area contributed by atoms with Crippen molar-refractivity contribution in [3.8, 4) is 0 Å². The minimum atomic E-state index is -0.533. The topological polar surface area (TPSA) is 46.2 Å². The molecule has 2 atom stereocenters. The van der Waals surface area contributed by atoms with Crippen LogP contribution in [0.1, 0.15) is 23.6 Å². The van der Waals surface area contributed by atoms with E-state index < -0.39 is 12.1 Å². The van der Waals surface area contributed by atoms with E-state index in [0.717, 1.165) is 17.5 Å². The lowest BCUT2D eigenvalue weighted by atomic mass is 9.86. The fourth-order valence-corrected chi connectivity index (χ4v) is 1.79. The van der Waals surface area contributed by atoms with E-state index in [0.29, 0.717) is 6.42 Å². The van der Waals surface area contributed by atoms with Crippen molar-refractivity contribution in [2.45, 2.75) is 25.0 Å². The van der Waals surface area contributed by atoms with Crippen molar-refractivity contribution in [1.29, 1.82) is 0 Å². The van der Waals surface area contributed by atoms with Gasteiger partial charge in [0.25, 0.3) is 0 Å². The number of hydrogen-bond acceptors (Lipinski definition) is 2. The van der Waals surface area contributed by atoms with Gasteiger partial charge < -0.3 is 10.8 Å². The number of rotatable bonds is 0. The third-order valence-electron chi connectivity index (χ3n) is 2.59. The van der Waals surface area contributed by atoms with Crippen molar-refractivity contribution in [2.75, 3.05) is 0 Å². The summed E-state index contributed by atoms with van der Waals surface area (Å²) in [6.07, 6.45) is 0.916. The molecular formula is C10H12FNO. The zero-order valence-corrected chi connectivity index (χ0v) is 7.20. The van der Waals surface area contributed by atoms with Gasteiger partial charge in [0.2, 0.25) is 0 Å². The summed E-state index contributed by atoms with van der Waals surface area (Å²) in [7, 11) is 0. The van der Waals surface area contributed by atoms with E-state index in [1.54, 1.807) is 6.07 Å². The summed E-state index contributed by atoms with van der Waals surface area (Å²) in [5.74, 6) is -0.289.